The zero-order chi connectivity index (χ0) is 8.10. The van der Waals surface area contributed by atoms with Gasteiger partial charge in [-0.05, 0) is 12.3 Å². The SMILES string of the molecule is CO[SiH]1OCCC(C)CNO1. The molecule has 0 aromatic heterocycles. The van der Waals surface area contributed by atoms with E-state index >= 15 is 0 Å². The van der Waals surface area contributed by atoms with Crippen LogP contribution in [0.1, 0.15) is 13.3 Å². The smallest absolute Gasteiger partial charge is 0.378 e. The molecule has 0 amide bonds. The van der Waals surface area contributed by atoms with Crippen LogP contribution in [-0.2, 0) is 13.4 Å². The van der Waals surface area contributed by atoms with Crippen molar-refractivity contribution in [1.29, 1.82) is 0 Å². The van der Waals surface area contributed by atoms with E-state index in [1.54, 1.807) is 7.11 Å². The van der Waals surface area contributed by atoms with Crippen LogP contribution >= 0.6 is 0 Å². The highest BCUT2D eigenvalue weighted by molar-refractivity contribution is 6.36. The van der Waals surface area contributed by atoms with Crippen LogP contribution in [0.15, 0.2) is 0 Å². The maximum absolute atomic E-state index is 5.33. The van der Waals surface area contributed by atoms with E-state index in [0.29, 0.717) is 5.92 Å². The van der Waals surface area contributed by atoms with Gasteiger partial charge in [0.15, 0.2) is 0 Å². The second kappa shape index (κ2) is 4.84. The molecule has 0 bridgehead atoms. The monoisotopic (exact) mass is 177 g/mol. The minimum absolute atomic E-state index is 0.613. The summed E-state index contributed by atoms with van der Waals surface area (Å²) in [7, 11) is -0.203. The van der Waals surface area contributed by atoms with Crippen molar-refractivity contribution in [3.8, 4) is 0 Å². The van der Waals surface area contributed by atoms with Crippen molar-refractivity contribution in [2.24, 2.45) is 5.92 Å². The molecule has 66 valence electrons. The lowest BCUT2D eigenvalue weighted by Gasteiger charge is -2.21. The molecule has 0 aromatic rings. The number of hydroxylamine groups is 1. The van der Waals surface area contributed by atoms with Crippen LogP contribution in [-0.4, -0.2) is 29.8 Å². The van der Waals surface area contributed by atoms with Crippen LogP contribution in [0.4, 0.5) is 0 Å². The van der Waals surface area contributed by atoms with Gasteiger partial charge in [0.25, 0.3) is 0 Å². The average molecular weight is 177 g/mol. The molecule has 5 heteroatoms. The van der Waals surface area contributed by atoms with Gasteiger partial charge in [-0.1, -0.05) is 6.92 Å². The molecule has 2 unspecified atom stereocenters. The normalized spacial score (nSPS) is 34.4. The fourth-order valence-corrected chi connectivity index (χ4v) is 1.74. The van der Waals surface area contributed by atoms with Crippen LogP contribution in [0.3, 0.4) is 0 Å². The molecule has 4 nitrogen and oxygen atoms in total. The first-order valence-corrected chi connectivity index (χ1v) is 5.27. The van der Waals surface area contributed by atoms with Crippen LogP contribution in [0.2, 0.25) is 0 Å². The van der Waals surface area contributed by atoms with E-state index in [0.717, 1.165) is 19.6 Å². The largest absolute Gasteiger partial charge is 0.500 e. The third-order valence-corrected chi connectivity index (χ3v) is 2.92. The lowest BCUT2D eigenvalue weighted by Crippen LogP contribution is -2.37. The maximum Gasteiger partial charge on any atom is 0.500 e. The molecule has 1 N–H and O–H groups in total. The first kappa shape index (κ1) is 9.15. The molecular weight excluding hydrogens is 162 g/mol. The van der Waals surface area contributed by atoms with Crippen molar-refractivity contribution in [1.82, 2.24) is 5.48 Å². The first-order chi connectivity index (χ1) is 5.33. The van der Waals surface area contributed by atoms with E-state index < -0.39 is 9.53 Å². The Kier molecular flexibility index (Phi) is 4.02. The van der Waals surface area contributed by atoms with Crippen molar-refractivity contribution >= 4 is 9.53 Å². The minimum atomic E-state index is -1.82. The first-order valence-electron chi connectivity index (χ1n) is 3.86. The summed E-state index contributed by atoms with van der Waals surface area (Å²) in [6, 6.07) is 0. The van der Waals surface area contributed by atoms with E-state index in [1.807, 2.05) is 0 Å². The molecular formula is C6H15NO3Si. The summed E-state index contributed by atoms with van der Waals surface area (Å²) >= 11 is 0. The van der Waals surface area contributed by atoms with E-state index in [2.05, 4.69) is 12.4 Å². The van der Waals surface area contributed by atoms with Crippen LogP contribution in [0, 0.1) is 5.92 Å². The van der Waals surface area contributed by atoms with Gasteiger partial charge >= 0.3 is 9.53 Å². The Morgan fingerprint density at radius 1 is 1.64 bits per heavy atom. The topological polar surface area (TPSA) is 39.7 Å². The van der Waals surface area contributed by atoms with Gasteiger partial charge < -0.3 is 8.85 Å². The van der Waals surface area contributed by atoms with Crippen LogP contribution in [0.25, 0.3) is 0 Å². The Labute approximate surface area is 68.8 Å². The van der Waals surface area contributed by atoms with Crippen LogP contribution < -0.4 is 5.48 Å². The lowest BCUT2D eigenvalue weighted by molar-refractivity contribution is 0.0378. The van der Waals surface area contributed by atoms with Crippen LogP contribution in [0.5, 0.6) is 0 Å². The fourth-order valence-electron chi connectivity index (χ4n) is 0.876. The summed E-state index contributed by atoms with van der Waals surface area (Å²) < 4.78 is 15.5. The van der Waals surface area contributed by atoms with Gasteiger partial charge in [-0.15, -0.1) is 0 Å². The highest BCUT2D eigenvalue weighted by Gasteiger charge is 2.17. The molecule has 0 aromatic carbocycles. The predicted octanol–water partition coefficient (Wildman–Crippen LogP) is -0.0724. The Bertz CT molecular complexity index is 104. The fraction of sp³-hybridized carbons (Fsp3) is 1.00. The molecule has 1 fully saturated rings. The Balaban J connectivity index is 2.22. The number of hydrogen-bond donors (Lipinski definition) is 1. The summed E-state index contributed by atoms with van der Waals surface area (Å²) in [5, 5.41) is 0. The molecule has 1 aliphatic heterocycles. The molecule has 0 radical (unpaired) electrons. The van der Waals surface area contributed by atoms with Crippen molar-refractivity contribution in [3.05, 3.63) is 0 Å². The molecule has 2 atom stereocenters. The standard InChI is InChI=1S/C6H15NO3Si/c1-6-3-4-9-11(8-2)10-7-5-6/h6-7,11H,3-5H2,1-2H3. The summed E-state index contributed by atoms with van der Waals surface area (Å²) in [6.45, 7) is 3.80. The van der Waals surface area contributed by atoms with Crippen molar-refractivity contribution < 1.29 is 13.4 Å². The van der Waals surface area contributed by atoms with Gasteiger partial charge in [0.2, 0.25) is 0 Å². The highest BCUT2D eigenvalue weighted by Crippen LogP contribution is 2.04. The molecule has 0 saturated carbocycles. The van der Waals surface area contributed by atoms with Gasteiger partial charge in [0.05, 0.1) is 0 Å². The number of hydrogen-bond acceptors (Lipinski definition) is 4. The third kappa shape index (κ3) is 3.30. The maximum atomic E-state index is 5.33. The van der Waals surface area contributed by atoms with Gasteiger partial charge in [0, 0.05) is 20.3 Å². The van der Waals surface area contributed by atoms with E-state index in [-0.39, 0.29) is 0 Å². The van der Waals surface area contributed by atoms with Gasteiger partial charge in [-0.3, -0.25) is 4.53 Å². The Morgan fingerprint density at radius 3 is 3.18 bits per heavy atom. The summed E-state index contributed by atoms with van der Waals surface area (Å²) in [4.78, 5) is 0. The van der Waals surface area contributed by atoms with E-state index in [1.165, 1.54) is 0 Å². The van der Waals surface area contributed by atoms with Crippen molar-refractivity contribution in [2.45, 2.75) is 13.3 Å². The average Bonchev–Trinajstić information content (AvgIpc) is 1.96. The van der Waals surface area contributed by atoms with Crippen molar-refractivity contribution in [3.63, 3.8) is 0 Å². The molecule has 11 heavy (non-hydrogen) atoms. The third-order valence-electron chi connectivity index (χ3n) is 1.67. The summed E-state index contributed by atoms with van der Waals surface area (Å²) in [6.07, 6.45) is 1.07. The van der Waals surface area contributed by atoms with E-state index in [9.17, 15) is 0 Å². The lowest BCUT2D eigenvalue weighted by atomic mass is 10.1. The summed E-state index contributed by atoms with van der Waals surface area (Å²) in [5.74, 6) is 0.613. The molecule has 1 rings (SSSR count). The van der Waals surface area contributed by atoms with Gasteiger partial charge in [-0.25, -0.2) is 5.48 Å². The molecule has 1 heterocycles. The molecule has 1 aliphatic rings. The number of rotatable bonds is 1. The molecule has 0 spiro atoms. The summed E-state index contributed by atoms with van der Waals surface area (Å²) in [5.41, 5.74) is 2.85. The predicted molar refractivity (Wildman–Crippen MR) is 43.0 cm³/mol. The molecule has 1 saturated heterocycles. The number of nitrogens with one attached hydrogen (secondary N) is 1. The Hall–Kier alpha value is 0.0569. The highest BCUT2D eigenvalue weighted by atomic mass is 28.3. The molecule has 0 aliphatic carbocycles. The zero-order valence-corrected chi connectivity index (χ0v) is 8.16. The van der Waals surface area contributed by atoms with Gasteiger partial charge in [0.1, 0.15) is 0 Å². The minimum Gasteiger partial charge on any atom is -0.378 e. The zero-order valence-electron chi connectivity index (χ0n) is 7.00. The second-order valence-electron chi connectivity index (χ2n) is 2.76. The van der Waals surface area contributed by atoms with Crippen molar-refractivity contribution in [2.75, 3.05) is 20.3 Å². The van der Waals surface area contributed by atoms with Gasteiger partial charge in [-0.2, -0.15) is 0 Å². The Morgan fingerprint density at radius 2 is 2.45 bits per heavy atom. The second-order valence-corrected chi connectivity index (χ2v) is 4.37. The van der Waals surface area contributed by atoms with E-state index in [4.69, 9.17) is 13.4 Å². The quantitative estimate of drug-likeness (QED) is 0.569.